The molecule has 0 bridgehead atoms. The molecule has 1 aromatic carbocycles. The van der Waals surface area contributed by atoms with E-state index in [9.17, 15) is 0 Å². The predicted octanol–water partition coefficient (Wildman–Crippen LogP) is 3.89. The van der Waals surface area contributed by atoms with Crippen LogP contribution in [0.15, 0.2) is 60.2 Å². The Labute approximate surface area is 116 Å². The van der Waals surface area contributed by atoms with Crippen molar-refractivity contribution in [2.24, 2.45) is 4.99 Å². The quantitative estimate of drug-likeness (QED) is 0.604. The minimum absolute atomic E-state index is 0.779. The average Bonchev–Trinajstić information content (AvgIpc) is 2.41. The fourth-order valence-electron chi connectivity index (χ4n) is 1.70. The van der Waals surface area contributed by atoms with Gasteiger partial charge in [-0.1, -0.05) is 37.4 Å². The normalized spacial score (nSPS) is 12.4. The standard InChI is InChI=1S/C17H22N2/c1-6-15(10-11-18-5)16(7-2)19-17-12-13(3)8-9-14(17)4/h6-10,12,18H,1-2,11H2,3-5H3/b15-10+,19-16?. The van der Waals surface area contributed by atoms with E-state index in [1.807, 2.05) is 13.1 Å². The van der Waals surface area contributed by atoms with Crippen LogP contribution in [0, 0.1) is 13.8 Å². The number of nitrogens with zero attached hydrogens (tertiary/aromatic N) is 1. The number of nitrogens with one attached hydrogen (secondary N) is 1. The molecule has 0 saturated heterocycles. The molecule has 0 aliphatic heterocycles. The fraction of sp³-hybridized carbons (Fsp3) is 0.235. The molecule has 0 radical (unpaired) electrons. The maximum atomic E-state index is 4.69. The highest BCUT2D eigenvalue weighted by atomic mass is 14.8. The molecular formula is C17H22N2. The number of allylic oxidation sites excluding steroid dienone is 3. The zero-order chi connectivity index (χ0) is 14.3. The number of hydrogen-bond donors (Lipinski definition) is 1. The highest BCUT2D eigenvalue weighted by Gasteiger charge is 2.02. The lowest BCUT2D eigenvalue weighted by atomic mass is 10.1. The van der Waals surface area contributed by atoms with Crippen LogP contribution in [0.25, 0.3) is 0 Å². The Bertz CT molecular complexity index is 522. The molecule has 1 N–H and O–H groups in total. The summed E-state index contributed by atoms with van der Waals surface area (Å²) in [7, 11) is 1.91. The van der Waals surface area contributed by atoms with Crippen molar-refractivity contribution in [2.75, 3.05) is 13.6 Å². The van der Waals surface area contributed by atoms with Gasteiger partial charge >= 0.3 is 0 Å². The van der Waals surface area contributed by atoms with Crippen LogP contribution in [0.4, 0.5) is 5.69 Å². The van der Waals surface area contributed by atoms with Crippen molar-refractivity contribution in [3.8, 4) is 0 Å². The van der Waals surface area contributed by atoms with E-state index < -0.39 is 0 Å². The van der Waals surface area contributed by atoms with Gasteiger partial charge in [0.1, 0.15) is 0 Å². The molecule has 0 spiro atoms. The zero-order valence-corrected chi connectivity index (χ0v) is 12.0. The molecule has 0 aliphatic carbocycles. The molecule has 0 heterocycles. The summed E-state index contributed by atoms with van der Waals surface area (Å²) < 4.78 is 0. The van der Waals surface area contributed by atoms with Gasteiger partial charge in [-0.3, -0.25) is 0 Å². The molecule has 19 heavy (non-hydrogen) atoms. The van der Waals surface area contributed by atoms with Crippen molar-refractivity contribution < 1.29 is 0 Å². The third kappa shape index (κ3) is 4.34. The smallest absolute Gasteiger partial charge is 0.0700 e. The van der Waals surface area contributed by atoms with Crippen molar-refractivity contribution in [3.63, 3.8) is 0 Å². The minimum Gasteiger partial charge on any atom is -0.316 e. The molecule has 0 unspecified atom stereocenters. The van der Waals surface area contributed by atoms with Gasteiger partial charge in [-0.25, -0.2) is 4.99 Å². The van der Waals surface area contributed by atoms with Gasteiger partial charge < -0.3 is 5.32 Å². The number of benzene rings is 1. The van der Waals surface area contributed by atoms with Crippen molar-refractivity contribution >= 4 is 11.4 Å². The van der Waals surface area contributed by atoms with Gasteiger partial charge in [-0.2, -0.15) is 0 Å². The fourth-order valence-corrected chi connectivity index (χ4v) is 1.70. The summed E-state index contributed by atoms with van der Waals surface area (Å²) in [6.07, 6.45) is 5.63. The molecular weight excluding hydrogens is 232 g/mol. The van der Waals surface area contributed by atoms with Gasteiger partial charge in [-0.15, -0.1) is 0 Å². The highest BCUT2D eigenvalue weighted by Crippen LogP contribution is 2.21. The van der Waals surface area contributed by atoms with Gasteiger partial charge in [0, 0.05) is 6.54 Å². The number of hydrogen-bond acceptors (Lipinski definition) is 2. The largest absolute Gasteiger partial charge is 0.316 e. The van der Waals surface area contributed by atoms with E-state index in [0.29, 0.717) is 0 Å². The van der Waals surface area contributed by atoms with Crippen molar-refractivity contribution in [2.45, 2.75) is 13.8 Å². The Morgan fingerprint density at radius 1 is 1.26 bits per heavy atom. The third-order valence-corrected chi connectivity index (χ3v) is 2.84. The van der Waals surface area contributed by atoms with Crippen LogP contribution in [0.3, 0.4) is 0 Å². The summed E-state index contributed by atoms with van der Waals surface area (Å²) in [5.41, 5.74) is 5.17. The van der Waals surface area contributed by atoms with Crippen LogP contribution >= 0.6 is 0 Å². The van der Waals surface area contributed by atoms with E-state index in [4.69, 9.17) is 4.99 Å². The number of rotatable bonds is 6. The Balaban J connectivity index is 3.20. The van der Waals surface area contributed by atoms with Crippen molar-refractivity contribution in [1.82, 2.24) is 5.32 Å². The van der Waals surface area contributed by atoms with Gasteiger partial charge in [0.2, 0.25) is 0 Å². The molecule has 0 aromatic heterocycles. The SMILES string of the molecule is C=CC(=Nc1cc(C)ccc1C)/C(C=C)=C/CNC. The molecule has 100 valence electrons. The summed E-state index contributed by atoms with van der Waals surface area (Å²) in [6.45, 7) is 12.6. The minimum atomic E-state index is 0.779. The first kappa shape index (κ1) is 15.1. The molecule has 0 aliphatic rings. The lowest BCUT2D eigenvalue weighted by molar-refractivity contribution is 0.918. The molecule has 0 amide bonds. The summed E-state index contributed by atoms with van der Waals surface area (Å²) in [5, 5.41) is 3.08. The van der Waals surface area contributed by atoms with Crippen LogP contribution in [0.5, 0.6) is 0 Å². The molecule has 0 saturated carbocycles. The number of likely N-dealkylation sites (N-methyl/N-ethyl adjacent to an activating group) is 1. The maximum absolute atomic E-state index is 4.69. The average molecular weight is 254 g/mol. The van der Waals surface area contributed by atoms with E-state index in [1.165, 1.54) is 5.56 Å². The maximum Gasteiger partial charge on any atom is 0.0700 e. The summed E-state index contributed by atoms with van der Waals surface area (Å²) in [4.78, 5) is 4.69. The van der Waals surface area contributed by atoms with Gasteiger partial charge in [0.15, 0.2) is 0 Å². The Hall–Kier alpha value is -1.93. The Morgan fingerprint density at radius 3 is 2.58 bits per heavy atom. The van der Waals surface area contributed by atoms with E-state index in [2.05, 4.69) is 56.6 Å². The molecule has 2 nitrogen and oxygen atoms in total. The lowest BCUT2D eigenvalue weighted by Gasteiger charge is -2.06. The Kier molecular flexibility index (Phi) is 5.97. The van der Waals surface area contributed by atoms with Gasteiger partial charge in [0.05, 0.1) is 11.4 Å². The van der Waals surface area contributed by atoms with Crippen LogP contribution in [0.2, 0.25) is 0 Å². The molecule has 1 aromatic rings. The topological polar surface area (TPSA) is 24.4 Å². The summed E-state index contributed by atoms with van der Waals surface area (Å²) >= 11 is 0. The number of aryl methyl sites for hydroxylation is 2. The van der Waals surface area contributed by atoms with Crippen LogP contribution in [-0.2, 0) is 0 Å². The van der Waals surface area contributed by atoms with E-state index >= 15 is 0 Å². The predicted molar refractivity (Wildman–Crippen MR) is 85.4 cm³/mol. The molecule has 0 fully saturated rings. The first-order chi connectivity index (χ1) is 9.12. The number of aliphatic imine (C=N–C) groups is 1. The second-order valence-electron chi connectivity index (χ2n) is 4.41. The monoisotopic (exact) mass is 254 g/mol. The third-order valence-electron chi connectivity index (χ3n) is 2.84. The van der Waals surface area contributed by atoms with E-state index in [-0.39, 0.29) is 0 Å². The van der Waals surface area contributed by atoms with Crippen LogP contribution in [0.1, 0.15) is 11.1 Å². The van der Waals surface area contributed by atoms with Gasteiger partial charge in [-0.05, 0) is 49.7 Å². The molecule has 0 atom stereocenters. The van der Waals surface area contributed by atoms with Crippen molar-refractivity contribution in [1.29, 1.82) is 0 Å². The second kappa shape index (κ2) is 7.49. The summed E-state index contributed by atoms with van der Waals surface area (Å²) in [6, 6.07) is 6.25. The summed E-state index contributed by atoms with van der Waals surface area (Å²) in [5.74, 6) is 0. The van der Waals surface area contributed by atoms with E-state index in [0.717, 1.165) is 29.1 Å². The van der Waals surface area contributed by atoms with Gasteiger partial charge in [0.25, 0.3) is 0 Å². The highest BCUT2D eigenvalue weighted by molar-refractivity contribution is 6.11. The zero-order valence-electron chi connectivity index (χ0n) is 12.0. The second-order valence-corrected chi connectivity index (χ2v) is 4.41. The van der Waals surface area contributed by atoms with Crippen LogP contribution < -0.4 is 5.32 Å². The van der Waals surface area contributed by atoms with Crippen molar-refractivity contribution in [3.05, 3.63) is 66.3 Å². The first-order valence-electron chi connectivity index (χ1n) is 6.38. The van der Waals surface area contributed by atoms with Crippen LogP contribution in [-0.4, -0.2) is 19.3 Å². The lowest BCUT2D eigenvalue weighted by Crippen LogP contribution is -2.07. The van der Waals surface area contributed by atoms with E-state index in [1.54, 1.807) is 6.08 Å². The molecule has 1 rings (SSSR count). The first-order valence-corrected chi connectivity index (χ1v) is 6.38. The molecule has 2 heteroatoms. The Morgan fingerprint density at radius 2 is 2.00 bits per heavy atom.